The maximum Gasteiger partial charge on any atom is 0.136 e. The number of likely N-dealkylation sites (N-methyl/N-ethyl adjacent to an activating group) is 1. The van der Waals surface area contributed by atoms with E-state index in [1.807, 2.05) is 13.0 Å². The molecule has 0 unspecified atom stereocenters. The summed E-state index contributed by atoms with van der Waals surface area (Å²) < 4.78 is 1.09. The molecule has 5 nitrogen and oxygen atoms in total. The number of anilines is 3. The van der Waals surface area contributed by atoms with Gasteiger partial charge in [-0.3, -0.25) is 0 Å². The first-order valence-electron chi connectivity index (χ1n) is 8.41. The molecule has 6 heteroatoms. The molecule has 128 valence electrons. The van der Waals surface area contributed by atoms with Gasteiger partial charge < -0.3 is 15.1 Å². The molecule has 0 radical (unpaired) electrons. The highest BCUT2D eigenvalue weighted by Gasteiger charge is 2.17. The second-order valence-electron chi connectivity index (χ2n) is 6.17. The van der Waals surface area contributed by atoms with Gasteiger partial charge in [0.05, 0.1) is 0 Å². The Morgan fingerprint density at radius 3 is 2.50 bits per heavy atom. The highest BCUT2D eigenvalue weighted by Crippen LogP contribution is 2.25. The summed E-state index contributed by atoms with van der Waals surface area (Å²) in [5.41, 5.74) is 2.24. The molecule has 0 aliphatic carbocycles. The van der Waals surface area contributed by atoms with Crippen molar-refractivity contribution in [3.05, 3.63) is 40.1 Å². The quantitative estimate of drug-likeness (QED) is 0.862. The number of nitrogens with one attached hydrogen (secondary N) is 1. The Kier molecular flexibility index (Phi) is 5.36. The first-order chi connectivity index (χ1) is 11.5. The molecule has 1 fully saturated rings. The number of nitrogens with zero attached hydrogens (tertiary/aromatic N) is 4. The standard InChI is InChI=1S/C18H24BrN5/c1-4-23-7-9-24(10-8-23)18-12-17(20-14(3)21-18)22-15-6-5-13(2)16(19)11-15/h5-6,11-12H,4,7-10H2,1-3H3,(H,20,21,22). The fourth-order valence-electron chi connectivity index (χ4n) is 2.89. The molecule has 24 heavy (non-hydrogen) atoms. The third-order valence-corrected chi connectivity index (χ3v) is 5.27. The molecule has 0 bridgehead atoms. The van der Waals surface area contributed by atoms with Crippen molar-refractivity contribution < 1.29 is 0 Å². The van der Waals surface area contributed by atoms with Crippen LogP contribution >= 0.6 is 15.9 Å². The Bertz CT molecular complexity index is 711. The van der Waals surface area contributed by atoms with Gasteiger partial charge in [0.25, 0.3) is 0 Å². The maximum atomic E-state index is 4.63. The predicted molar refractivity (Wildman–Crippen MR) is 103 cm³/mol. The lowest BCUT2D eigenvalue weighted by atomic mass is 10.2. The van der Waals surface area contributed by atoms with Crippen LogP contribution in [0.3, 0.4) is 0 Å². The van der Waals surface area contributed by atoms with Gasteiger partial charge >= 0.3 is 0 Å². The first kappa shape index (κ1) is 17.2. The average molecular weight is 390 g/mol. The lowest BCUT2D eigenvalue weighted by molar-refractivity contribution is 0.270. The van der Waals surface area contributed by atoms with E-state index in [-0.39, 0.29) is 0 Å². The van der Waals surface area contributed by atoms with Crippen LogP contribution in [-0.2, 0) is 0 Å². The first-order valence-corrected chi connectivity index (χ1v) is 9.20. The van der Waals surface area contributed by atoms with Gasteiger partial charge in [-0.25, -0.2) is 9.97 Å². The fraction of sp³-hybridized carbons (Fsp3) is 0.444. The molecule has 3 rings (SSSR count). The second kappa shape index (κ2) is 7.49. The van der Waals surface area contributed by atoms with E-state index in [1.165, 1.54) is 5.56 Å². The van der Waals surface area contributed by atoms with Gasteiger partial charge in [-0.05, 0) is 38.1 Å². The van der Waals surface area contributed by atoms with Gasteiger partial charge in [0.15, 0.2) is 0 Å². The lowest BCUT2D eigenvalue weighted by Crippen LogP contribution is -2.46. The van der Waals surface area contributed by atoms with E-state index in [0.717, 1.165) is 60.3 Å². The summed E-state index contributed by atoms with van der Waals surface area (Å²) in [7, 11) is 0. The van der Waals surface area contributed by atoms with Crippen molar-refractivity contribution in [2.24, 2.45) is 0 Å². The molecule has 2 aromatic rings. The van der Waals surface area contributed by atoms with E-state index in [4.69, 9.17) is 0 Å². The summed E-state index contributed by atoms with van der Waals surface area (Å²) in [5, 5.41) is 3.39. The predicted octanol–water partition coefficient (Wildman–Crippen LogP) is 3.74. The number of hydrogen-bond acceptors (Lipinski definition) is 5. The van der Waals surface area contributed by atoms with Crippen molar-refractivity contribution in [3.8, 4) is 0 Å². The molecule has 1 aliphatic rings. The lowest BCUT2D eigenvalue weighted by Gasteiger charge is -2.34. The van der Waals surface area contributed by atoms with E-state index in [9.17, 15) is 0 Å². The Labute approximate surface area is 152 Å². The van der Waals surface area contributed by atoms with Crippen LogP contribution in [0.1, 0.15) is 18.3 Å². The average Bonchev–Trinajstić information content (AvgIpc) is 2.58. The van der Waals surface area contributed by atoms with Crippen molar-refractivity contribution in [2.45, 2.75) is 20.8 Å². The summed E-state index contributed by atoms with van der Waals surface area (Å²) in [6.45, 7) is 11.6. The van der Waals surface area contributed by atoms with Crippen LogP contribution < -0.4 is 10.2 Å². The zero-order valence-corrected chi connectivity index (χ0v) is 16.1. The Morgan fingerprint density at radius 2 is 1.83 bits per heavy atom. The smallest absolute Gasteiger partial charge is 0.136 e. The van der Waals surface area contributed by atoms with Gasteiger partial charge in [-0.2, -0.15) is 0 Å². The van der Waals surface area contributed by atoms with Crippen molar-refractivity contribution >= 4 is 33.3 Å². The Hall–Kier alpha value is -1.66. The zero-order chi connectivity index (χ0) is 17.1. The molecule has 1 aromatic carbocycles. The molecule has 0 saturated carbocycles. The van der Waals surface area contributed by atoms with Crippen molar-refractivity contribution in [2.75, 3.05) is 42.9 Å². The number of aryl methyl sites for hydroxylation is 2. The van der Waals surface area contributed by atoms with Gasteiger partial charge in [-0.15, -0.1) is 0 Å². The van der Waals surface area contributed by atoms with Gasteiger partial charge in [0.1, 0.15) is 17.5 Å². The second-order valence-corrected chi connectivity index (χ2v) is 7.02. The molecule has 0 atom stereocenters. The van der Waals surface area contributed by atoms with E-state index >= 15 is 0 Å². The normalized spacial score (nSPS) is 15.6. The highest BCUT2D eigenvalue weighted by atomic mass is 79.9. The Balaban J connectivity index is 1.77. The monoisotopic (exact) mass is 389 g/mol. The van der Waals surface area contributed by atoms with E-state index in [1.54, 1.807) is 0 Å². The third-order valence-electron chi connectivity index (χ3n) is 4.41. The summed E-state index contributed by atoms with van der Waals surface area (Å²) in [4.78, 5) is 14.0. The summed E-state index contributed by atoms with van der Waals surface area (Å²) in [6, 6.07) is 8.28. The molecule has 1 N–H and O–H groups in total. The summed E-state index contributed by atoms with van der Waals surface area (Å²) in [6.07, 6.45) is 0. The van der Waals surface area contributed by atoms with Crippen LogP contribution in [-0.4, -0.2) is 47.6 Å². The molecule has 0 spiro atoms. The molecule has 1 aliphatic heterocycles. The van der Waals surface area contributed by atoms with Crippen molar-refractivity contribution in [1.82, 2.24) is 14.9 Å². The number of hydrogen-bond donors (Lipinski definition) is 1. The van der Waals surface area contributed by atoms with Crippen molar-refractivity contribution in [3.63, 3.8) is 0 Å². The van der Waals surface area contributed by atoms with Crippen LogP contribution in [0.2, 0.25) is 0 Å². The molecule has 1 aromatic heterocycles. The third kappa shape index (κ3) is 4.05. The summed E-state index contributed by atoms with van der Waals surface area (Å²) >= 11 is 3.58. The fourth-order valence-corrected chi connectivity index (χ4v) is 3.27. The summed E-state index contributed by atoms with van der Waals surface area (Å²) in [5.74, 6) is 2.64. The minimum atomic E-state index is 0.791. The minimum Gasteiger partial charge on any atom is -0.354 e. The molecule has 1 saturated heterocycles. The van der Waals surface area contributed by atoms with Gasteiger partial charge in [-0.1, -0.05) is 28.9 Å². The topological polar surface area (TPSA) is 44.3 Å². The van der Waals surface area contributed by atoms with Gasteiger partial charge in [0, 0.05) is 42.4 Å². The molecule has 2 heterocycles. The number of halogens is 1. The van der Waals surface area contributed by atoms with Crippen LogP contribution in [0.5, 0.6) is 0 Å². The zero-order valence-electron chi connectivity index (χ0n) is 14.5. The van der Waals surface area contributed by atoms with Crippen LogP contribution in [0.15, 0.2) is 28.7 Å². The SMILES string of the molecule is CCN1CCN(c2cc(Nc3ccc(C)c(Br)c3)nc(C)n2)CC1. The van der Waals surface area contributed by atoms with Crippen LogP contribution in [0, 0.1) is 13.8 Å². The van der Waals surface area contributed by atoms with Gasteiger partial charge in [0.2, 0.25) is 0 Å². The van der Waals surface area contributed by atoms with E-state index in [0.29, 0.717) is 0 Å². The number of rotatable bonds is 4. The van der Waals surface area contributed by atoms with Crippen LogP contribution in [0.4, 0.5) is 17.3 Å². The number of benzene rings is 1. The highest BCUT2D eigenvalue weighted by molar-refractivity contribution is 9.10. The number of piperazine rings is 1. The number of aromatic nitrogens is 2. The molecular formula is C18H24BrN5. The Morgan fingerprint density at radius 1 is 1.08 bits per heavy atom. The van der Waals surface area contributed by atoms with E-state index < -0.39 is 0 Å². The van der Waals surface area contributed by atoms with Crippen LogP contribution in [0.25, 0.3) is 0 Å². The molecular weight excluding hydrogens is 366 g/mol. The maximum absolute atomic E-state index is 4.63. The molecule has 0 amide bonds. The minimum absolute atomic E-state index is 0.791. The largest absolute Gasteiger partial charge is 0.354 e. The van der Waals surface area contributed by atoms with Crippen molar-refractivity contribution in [1.29, 1.82) is 0 Å². The van der Waals surface area contributed by atoms with E-state index in [2.05, 4.69) is 73.1 Å².